The number of aromatic nitrogens is 1. The smallest absolute Gasteiger partial charge is 0.301 e. The lowest BCUT2D eigenvalue weighted by Gasteiger charge is -2.24. The van der Waals surface area contributed by atoms with Gasteiger partial charge in [0.2, 0.25) is 0 Å². The minimum Gasteiger partial charge on any atom is -0.507 e. The van der Waals surface area contributed by atoms with E-state index in [-0.39, 0.29) is 16.5 Å². The second kappa shape index (κ2) is 12.1. The molecular weight excluding hydrogens is 543 g/mol. The summed E-state index contributed by atoms with van der Waals surface area (Å²) in [5.74, 6) is -1.37. The fourth-order valence-electron chi connectivity index (χ4n) is 4.82. The SMILES string of the molecule is CCCCCOc1ccc(C2C(=C(O)c3ccc(C)cc3)C(=O)C(=O)N2c2nc3ccc(F)cc3s2)cc1OCC. The van der Waals surface area contributed by atoms with Crippen LogP contribution in [0.5, 0.6) is 11.5 Å². The number of carbonyl (C=O) groups excluding carboxylic acids is 2. The first-order valence-corrected chi connectivity index (χ1v) is 14.5. The summed E-state index contributed by atoms with van der Waals surface area (Å²) in [6, 6.07) is 15.5. The van der Waals surface area contributed by atoms with Crippen LogP contribution in [0.15, 0.2) is 66.2 Å². The number of hydrogen-bond acceptors (Lipinski definition) is 7. The molecule has 9 heteroatoms. The molecule has 0 saturated carbocycles. The number of aliphatic hydroxyl groups is 1. The van der Waals surface area contributed by atoms with Gasteiger partial charge in [0.15, 0.2) is 16.6 Å². The third-order valence-electron chi connectivity index (χ3n) is 6.90. The van der Waals surface area contributed by atoms with Crippen molar-refractivity contribution in [1.82, 2.24) is 4.98 Å². The van der Waals surface area contributed by atoms with Crippen LogP contribution in [0.25, 0.3) is 16.0 Å². The highest BCUT2D eigenvalue weighted by Crippen LogP contribution is 2.46. The third-order valence-corrected chi connectivity index (χ3v) is 7.92. The van der Waals surface area contributed by atoms with Crippen LogP contribution in [0.3, 0.4) is 0 Å². The van der Waals surface area contributed by atoms with Crippen molar-refractivity contribution in [2.24, 2.45) is 0 Å². The zero-order valence-corrected chi connectivity index (χ0v) is 24.0. The van der Waals surface area contributed by atoms with Crippen LogP contribution in [0.2, 0.25) is 0 Å². The minimum absolute atomic E-state index is 0.0663. The molecule has 1 saturated heterocycles. The maximum atomic E-state index is 14.0. The molecule has 2 heterocycles. The van der Waals surface area contributed by atoms with Gasteiger partial charge in [-0.15, -0.1) is 0 Å². The molecule has 212 valence electrons. The Morgan fingerprint density at radius 3 is 2.51 bits per heavy atom. The number of thiazole rings is 1. The fourth-order valence-corrected chi connectivity index (χ4v) is 5.84. The number of rotatable bonds is 10. The predicted molar refractivity (Wildman–Crippen MR) is 158 cm³/mol. The molecule has 0 radical (unpaired) electrons. The Bertz CT molecular complexity index is 1630. The molecule has 5 rings (SSSR count). The number of aliphatic hydroxyl groups excluding tert-OH is 1. The Morgan fingerprint density at radius 2 is 1.78 bits per heavy atom. The van der Waals surface area contributed by atoms with Crippen molar-refractivity contribution >= 4 is 44.1 Å². The van der Waals surface area contributed by atoms with Gasteiger partial charge in [0.25, 0.3) is 5.78 Å². The zero-order valence-electron chi connectivity index (χ0n) is 23.1. The predicted octanol–water partition coefficient (Wildman–Crippen LogP) is 7.34. The minimum atomic E-state index is -1.00. The molecule has 1 aromatic heterocycles. The average molecular weight is 575 g/mol. The summed E-state index contributed by atoms with van der Waals surface area (Å²) in [5, 5.41) is 11.6. The van der Waals surface area contributed by atoms with Crippen molar-refractivity contribution in [2.45, 2.75) is 46.1 Å². The van der Waals surface area contributed by atoms with Crippen LogP contribution in [-0.2, 0) is 9.59 Å². The Hall–Kier alpha value is -4.24. The number of amides is 1. The molecule has 0 bridgehead atoms. The number of anilines is 1. The van der Waals surface area contributed by atoms with E-state index in [1.54, 1.807) is 30.3 Å². The van der Waals surface area contributed by atoms with Crippen LogP contribution in [-0.4, -0.2) is 35.0 Å². The number of unbranched alkanes of at least 4 members (excludes halogenated alkanes) is 2. The number of benzene rings is 3. The van der Waals surface area contributed by atoms with E-state index in [9.17, 15) is 19.1 Å². The number of ketones is 1. The molecule has 3 aromatic carbocycles. The van der Waals surface area contributed by atoms with E-state index in [0.717, 1.165) is 36.2 Å². The molecule has 41 heavy (non-hydrogen) atoms. The number of aryl methyl sites for hydroxylation is 1. The molecule has 1 N–H and O–H groups in total. The van der Waals surface area contributed by atoms with E-state index in [4.69, 9.17) is 9.47 Å². The molecule has 1 fully saturated rings. The van der Waals surface area contributed by atoms with E-state index >= 15 is 0 Å². The highest BCUT2D eigenvalue weighted by molar-refractivity contribution is 7.22. The molecule has 0 aliphatic carbocycles. The molecule has 1 amide bonds. The summed E-state index contributed by atoms with van der Waals surface area (Å²) in [4.78, 5) is 33.0. The van der Waals surface area contributed by atoms with Gasteiger partial charge >= 0.3 is 5.91 Å². The Kier molecular flexibility index (Phi) is 8.35. The second-order valence-corrected chi connectivity index (χ2v) is 10.8. The quantitative estimate of drug-likeness (QED) is 0.0923. The van der Waals surface area contributed by atoms with Crippen LogP contribution in [0.4, 0.5) is 9.52 Å². The molecule has 1 unspecified atom stereocenters. The fraction of sp³-hybridized carbons (Fsp3) is 0.281. The van der Waals surface area contributed by atoms with Gasteiger partial charge in [-0.2, -0.15) is 0 Å². The van der Waals surface area contributed by atoms with Crippen LogP contribution >= 0.6 is 11.3 Å². The van der Waals surface area contributed by atoms with Gasteiger partial charge in [-0.3, -0.25) is 14.5 Å². The second-order valence-electron chi connectivity index (χ2n) is 9.84. The number of Topliss-reactive ketones (excluding diaryl/α,β-unsaturated/α-hetero) is 1. The standard InChI is InChI=1S/C32H31FN2O5S/c1-4-6-7-16-40-24-15-12-21(17-25(24)39-5-2)28-27(29(36)20-10-8-19(3)9-11-20)30(37)31(38)35(28)32-34-23-14-13-22(33)18-26(23)41-32/h8-15,17-18,28,36H,4-7,16H2,1-3H3. The van der Waals surface area contributed by atoms with E-state index in [0.29, 0.717) is 46.1 Å². The number of hydrogen-bond donors (Lipinski definition) is 1. The number of nitrogens with zero attached hydrogens (tertiary/aromatic N) is 2. The van der Waals surface area contributed by atoms with Gasteiger partial charge < -0.3 is 14.6 Å². The first-order valence-electron chi connectivity index (χ1n) is 13.7. The van der Waals surface area contributed by atoms with E-state index in [2.05, 4.69) is 11.9 Å². The van der Waals surface area contributed by atoms with Crippen LogP contribution in [0, 0.1) is 12.7 Å². The Balaban J connectivity index is 1.66. The zero-order chi connectivity index (χ0) is 29.1. The van der Waals surface area contributed by atoms with Gasteiger partial charge in [0, 0.05) is 5.56 Å². The maximum Gasteiger partial charge on any atom is 0.301 e. The first-order chi connectivity index (χ1) is 19.8. The average Bonchev–Trinajstić information content (AvgIpc) is 3.49. The first kappa shape index (κ1) is 28.3. The van der Waals surface area contributed by atoms with Gasteiger partial charge in [0.05, 0.1) is 35.0 Å². The van der Waals surface area contributed by atoms with Crippen LogP contribution in [0.1, 0.15) is 55.8 Å². The molecular formula is C32H31FN2O5S. The lowest BCUT2D eigenvalue weighted by molar-refractivity contribution is -0.132. The van der Waals surface area contributed by atoms with Gasteiger partial charge in [-0.1, -0.05) is 67.0 Å². The largest absolute Gasteiger partial charge is 0.507 e. The van der Waals surface area contributed by atoms with E-state index in [1.165, 1.54) is 23.1 Å². The normalized spacial score (nSPS) is 16.5. The van der Waals surface area contributed by atoms with Gasteiger partial charge in [-0.25, -0.2) is 9.37 Å². The summed E-state index contributed by atoms with van der Waals surface area (Å²) >= 11 is 1.10. The summed E-state index contributed by atoms with van der Waals surface area (Å²) < 4.78 is 26.4. The molecule has 1 aliphatic rings. The van der Waals surface area contributed by atoms with Crippen molar-refractivity contribution in [3.05, 3.63) is 88.7 Å². The number of fused-ring (bicyclic) bond motifs is 1. The Morgan fingerprint density at radius 1 is 1.00 bits per heavy atom. The summed E-state index contributed by atoms with van der Waals surface area (Å²) in [6.45, 7) is 6.80. The van der Waals surface area contributed by atoms with Crippen molar-refractivity contribution in [2.75, 3.05) is 18.1 Å². The van der Waals surface area contributed by atoms with Crippen molar-refractivity contribution < 1.29 is 28.6 Å². The summed E-state index contributed by atoms with van der Waals surface area (Å²) in [6.07, 6.45) is 3.01. The summed E-state index contributed by atoms with van der Waals surface area (Å²) in [5.41, 5.74) is 2.36. The molecule has 1 aliphatic heterocycles. The van der Waals surface area contributed by atoms with Crippen molar-refractivity contribution in [3.63, 3.8) is 0 Å². The lowest BCUT2D eigenvalue weighted by atomic mass is 9.95. The third kappa shape index (κ3) is 5.67. The Labute approximate surface area is 241 Å². The van der Waals surface area contributed by atoms with E-state index < -0.39 is 23.5 Å². The number of halogens is 1. The van der Waals surface area contributed by atoms with Gasteiger partial charge in [-0.05, 0) is 56.2 Å². The number of ether oxygens (including phenoxy) is 2. The molecule has 7 nitrogen and oxygen atoms in total. The van der Waals surface area contributed by atoms with E-state index in [1.807, 2.05) is 26.0 Å². The van der Waals surface area contributed by atoms with Crippen LogP contribution < -0.4 is 14.4 Å². The van der Waals surface area contributed by atoms with Crippen molar-refractivity contribution in [3.8, 4) is 11.5 Å². The molecule has 0 spiro atoms. The highest BCUT2D eigenvalue weighted by atomic mass is 32.1. The van der Waals surface area contributed by atoms with Gasteiger partial charge in [0.1, 0.15) is 11.6 Å². The molecule has 1 atom stereocenters. The summed E-state index contributed by atoms with van der Waals surface area (Å²) in [7, 11) is 0. The molecule has 4 aromatic rings. The topological polar surface area (TPSA) is 89.0 Å². The number of carbonyl (C=O) groups is 2. The van der Waals surface area contributed by atoms with Crippen molar-refractivity contribution in [1.29, 1.82) is 0 Å². The maximum absolute atomic E-state index is 14.0. The highest BCUT2D eigenvalue weighted by Gasteiger charge is 2.48. The lowest BCUT2D eigenvalue weighted by Crippen LogP contribution is -2.29. The monoisotopic (exact) mass is 574 g/mol.